The Morgan fingerprint density at radius 2 is 2.00 bits per heavy atom. The number of rotatable bonds is 4. The average molecular weight is 324 g/mol. The van der Waals surface area contributed by atoms with Crippen LogP contribution in [-0.2, 0) is 0 Å². The largest absolute Gasteiger partial charge is 0.508 e. The van der Waals surface area contributed by atoms with Crippen LogP contribution in [0.15, 0.2) is 36.7 Å². The summed E-state index contributed by atoms with van der Waals surface area (Å²) in [5.74, 6) is 2.13. The van der Waals surface area contributed by atoms with Crippen LogP contribution in [0.1, 0.15) is 38.3 Å². The molecule has 2 N–H and O–H groups in total. The van der Waals surface area contributed by atoms with Crippen molar-refractivity contribution in [3.63, 3.8) is 0 Å². The third-order valence-electron chi connectivity index (χ3n) is 5.38. The molecule has 4 rings (SSSR count). The number of hydrogen-bond donors (Lipinski definition) is 2. The fourth-order valence-electron chi connectivity index (χ4n) is 4.20. The van der Waals surface area contributed by atoms with Crippen molar-refractivity contribution in [1.82, 2.24) is 9.97 Å². The van der Waals surface area contributed by atoms with Crippen molar-refractivity contribution in [1.29, 1.82) is 0 Å². The highest BCUT2D eigenvalue weighted by Gasteiger charge is 2.45. The molecule has 0 spiro atoms. The quantitative estimate of drug-likeness (QED) is 0.900. The lowest BCUT2D eigenvalue weighted by Gasteiger charge is -2.47. The predicted molar refractivity (Wildman–Crippen MR) is 95.2 cm³/mol. The van der Waals surface area contributed by atoms with Gasteiger partial charge in [0.05, 0.1) is 6.04 Å². The predicted octanol–water partition coefficient (Wildman–Crippen LogP) is 3.59. The zero-order chi connectivity index (χ0) is 16.7. The van der Waals surface area contributed by atoms with E-state index >= 15 is 0 Å². The molecule has 126 valence electrons. The molecule has 2 aromatic rings. The highest BCUT2D eigenvalue weighted by molar-refractivity contribution is 5.62. The Hall–Kier alpha value is -2.30. The van der Waals surface area contributed by atoms with E-state index in [1.54, 1.807) is 18.5 Å². The molecule has 1 saturated carbocycles. The minimum atomic E-state index is 0.0999. The fourth-order valence-corrected chi connectivity index (χ4v) is 4.20. The van der Waals surface area contributed by atoms with Gasteiger partial charge in [-0.05, 0) is 49.9 Å². The molecular weight excluding hydrogens is 300 g/mol. The second-order valence-electron chi connectivity index (χ2n) is 6.91. The number of aromatic nitrogens is 2. The fraction of sp³-hybridized carbons (Fsp3) is 0.474. The van der Waals surface area contributed by atoms with Crippen molar-refractivity contribution in [3.05, 3.63) is 42.2 Å². The first kappa shape index (κ1) is 15.2. The number of aromatic hydroxyl groups is 1. The molecule has 2 aliphatic rings. The van der Waals surface area contributed by atoms with Gasteiger partial charge in [0.2, 0.25) is 5.95 Å². The zero-order valence-corrected chi connectivity index (χ0v) is 14.2. The zero-order valence-electron chi connectivity index (χ0n) is 14.2. The summed E-state index contributed by atoms with van der Waals surface area (Å²) in [5, 5.41) is 13.5. The van der Waals surface area contributed by atoms with Gasteiger partial charge >= 0.3 is 0 Å². The number of phenols is 1. The highest BCUT2D eigenvalue weighted by atomic mass is 16.3. The van der Waals surface area contributed by atoms with Gasteiger partial charge in [-0.3, -0.25) is 0 Å². The van der Waals surface area contributed by atoms with E-state index in [-0.39, 0.29) is 6.04 Å². The minimum Gasteiger partial charge on any atom is -0.508 e. The van der Waals surface area contributed by atoms with Crippen LogP contribution in [0.3, 0.4) is 0 Å². The molecule has 0 radical (unpaired) electrons. The van der Waals surface area contributed by atoms with E-state index in [4.69, 9.17) is 0 Å². The van der Waals surface area contributed by atoms with Gasteiger partial charge in [0.25, 0.3) is 0 Å². The van der Waals surface area contributed by atoms with Crippen molar-refractivity contribution >= 4 is 11.6 Å². The Morgan fingerprint density at radius 3 is 2.67 bits per heavy atom. The molecule has 0 unspecified atom stereocenters. The second kappa shape index (κ2) is 5.96. The van der Waals surface area contributed by atoms with E-state index in [1.807, 2.05) is 12.1 Å². The van der Waals surface area contributed by atoms with Crippen LogP contribution in [0, 0.1) is 11.8 Å². The van der Waals surface area contributed by atoms with Gasteiger partial charge in [-0.15, -0.1) is 0 Å². The van der Waals surface area contributed by atoms with E-state index in [0.29, 0.717) is 23.7 Å². The number of benzene rings is 1. The van der Waals surface area contributed by atoms with E-state index in [2.05, 4.69) is 40.1 Å². The Labute approximate surface area is 142 Å². The Morgan fingerprint density at radius 1 is 1.25 bits per heavy atom. The molecule has 2 heterocycles. The molecule has 0 bridgehead atoms. The van der Waals surface area contributed by atoms with Gasteiger partial charge < -0.3 is 15.3 Å². The number of hydrogen-bond acceptors (Lipinski definition) is 5. The maximum Gasteiger partial charge on any atom is 0.223 e. The van der Waals surface area contributed by atoms with Gasteiger partial charge in [0.15, 0.2) is 0 Å². The van der Waals surface area contributed by atoms with E-state index in [1.165, 1.54) is 18.5 Å². The Bertz CT molecular complexity index is 717. The van der Waals surface area contributed by atoms with Crippen LogP contribution in [-0.4, -0.2) is 27.7 Å². The number of nitrogens with zero attached hydrogens (tertiary/aromatic N) is 3. The first-order chi connectivity index (χ1) is 11.7. The molecule has 5 heteroatoms. The SMILES string of the molecule is CCN1c2ccc(O)cc2[C@H](Nc2ncccn2)[C@@H](C)[C@@H]1C1CC1. The number of nitrogens with one attached hydrogen (secondary N) is 1. The maximum absolute atomic E-state index is 10.0. The lowest BCUT2D eigenvalue weighted by atomic mass is 9.80. The van der Waals surface area contributed by atoms with Gasteiger partial charge in [0.1, 0.15) is 5.75 Å². The van der Waals surface area contributed by atoms with E-state index in [9.17, 15) is 5.11 Å². The first-order valence-electron chi connectivity index (χ1n) is 8.82. The standard InChI is InChI=1S/C19H24N4O/c1-3-23-16-8-7-14(24)11-15(16)17(12(2)18(23)13-5-6-13)22-19-20-9-4-10-21-19/h4,7-13,17-18,24H,3,5-6H2,1-2H3,(H,20,21,22)/t12-,17-,18-/m1/s1. The highest BCUT2D eigenvalue weighted by Crippen LogP contribution is 2.50. The average Bonchev–Trinajstić information content (AvgIpc) is 3.42. The van der Waals surface area contributed by atoms with Crippen LogP contribution in [0.2, 0.25) is 0 Å². The molecule has 1 aromatic heterocycles. The molecule has 5 nitrogen and oxygen atoms in total. The summed E-state index contributed by atoms with van der Waals surface area (Å²) in [5.41, 5.74) is 2.35. The molecule has 0 amide bonds. The Kier molecular flexibility index (Phi) is 3.79. The molecular formula is C19H24N4O. The van der Waals surface area contributed by atoms with E-state index in [0.717, 1.165) is 18.0 Å². The summed E-state index contributed by atoms with van der Waals surface area (Å²) in [6.45, 7) is 5.50. The first-order valence-corrected chi connectivity index (χ1v) is 8.82. The minimum absolute atomic E-state index is 0.0999. The topological polar surface area (TPSA) is 61.3 Å². The van der Waals surface area contributed by atoms with Crippen molar-refractivity contribution in [2.75, 3.05) is 16.8 Å². The van der Waals surface area contributed by atoms with E-state index < -0.39 is 0 Å². The molecule has 1 aliphatic carbocycles. The van der Waals surface area contributed by atoms with Crippen LogP contribution in [0.4, 0.5) is 11.6 Å². The summed E-state index contributed by atoms with van der Waals surface area (Å²) in [6.07, 6.45) is 6.13. The number of fused-ring (bicyclic) bond motifs is 1. The van der Waals surface area contributed by atoms with Gasteiger partial charge in [0, 0.05) is 42.1 Å². The van der Waals surface area contributed by atoms with Gasteiger partial charge in [-0.2, -0.15) is 0 Å². The maximum atomic E-state index is 10.0. The lowest BCUT2D eigenvalue weighted by Crippen LogP contribution is -2.49. The third-order valence-corrected chi connectivity index (χ3v) is 5.38. The molecule has 1 aliphatic heterocycles. The van der Waals surface area contributed by atoms with Crippen molar-refractivity contribution in [2.24, 2.45) is 11.8 Å². The van der Waals surface area contributed by atoms with Crippen LogP contribution >= 0.6 is 0 Å². The summed E-state index contributed by atoms with van der Waals surface area (Å²) in [4.78, 5) is 11.2. The summed E-state index contributed by atoms with van der Waals surface area (Å²) in [7, 11) is 0. The molecule has 1 aromatic carbocycles. The van der Waals surface area contributed by atoms with Crippen LogP contribution < -0.4 is 10.2 Å². The molecule has 0 saturated heterocycles. The summed E-state index contributed by atoms with van der Waals surface area (Å²) >= 11 is 0. The number of anilines is 2. The summed E-state index contributed by atoms with van der Waals surface area (Å²) < 4.78 is 0. The molecule has 3 atom stereocenters. The monoisotopic (exact) mass is 324 g/mol. The van der Waals surface area contributed by atoms with Crippen LogP contribution in [0.25, 0.3) is 0 Å². The second-order valence-corrected chi connectivity index (χ2v) is 6.91. The van der Waals surface area contributed by atoms with Crippen molar-refractivity contribution in [2.45, 2.75) is 38.8 Å². The molecule has 1 fully saturated rings. The van der Waals surface area contributed by atoms with Crippen LogP contribution in [0.5, 0.6) is 5.75 Å². The lowest BCUT2D eigenvalue weighted by molar-refractivity contribution is 0.330. The smallest absolute Gasteiger partial charge is 0.223 e. The molecule has 24 heavy (non-hydrogen) atoms. The number of phenolic OH excluding ortho intramolecular Hbond substituents is 1. The normalized spacial score (nSPS) is 26.1. The van der Waals surface area contributed by atoms with Gasteiger partial charge in [-0.25, -0.2) is 9.97 Å². The summed E-state index contributed by atoms with van der Waals surface area (Å²) in [6, 6.07) is 8.17. The van der Waals surface area contributed by atoms with Crippen molar-refractivity contribution in [3.8, 4) is 5.75 Å². The van der Waals surface area contributed by atoms with Gasteiger partial charge in [-0.1, -0.05) is 6.92 Å². The van der Waals surface area contributed by atoms with Crippen molar-refractivity contribution < 1.29 is 5.11 Å². The third kappa shape index (κ3) is 2.58. The Balaban J connectivity index is 1.77.